The van der Waals surface area contributed by atoms with Gasteiger partial charge in [-0.15, -0.1) is 0 Å². The third kappa shape index (κ3) is 2.08. The lowest BCUT2D eigenvalue weighted by Gasteiger charge is -2.05. The molecule has 0 N–H and O–H groups in total. The Bertz CT molecular complexity index is 820. The second-order valence-electron chi connectivity index (χ2n) is 4.70. The molecule has 100 valence electrons. The number of rotatable bonds is 2. The topological polar surface area (TPSA) is 43.6 Å². The molecule has 0 spiro atoms. The number of pyridine rings is 1. The predicted octanol–water partition coefficient (Wildman–Crippen LogP) is 3.72. The zero-order valence-corrected chi connectivity index (χ0v) is 12.0. The molecule has 0 saturated carbocycles. The first-order valence-electron chi connectivity index (χ1n) is 6.16. The average molecular weight is 285 g/mol. The zero-order chi connectivity index (χ0) is 14.3. The largest absolute Gasteiger partial charge is 0.342 e. The van der Waals surface area contributed by atoms with Crippen molar-refractivity contribution in [2.24, 2.45) is 7.05 Å². The standard InChI is InChI=1S/C15H13ClN4/c1-9(2)15-17-5-4-11(19-15)13-6-10-8-18-14(16)7-12(10)20(13)3/h4-8H,1H2,2-3H3. The van der Waals surface area contributed by atoms with Crippen molar-refractivity contribution in [1.82, 2.24) is 19.5 Å². The van der Waals surface area contributed by atoms with Crippen molar-refractivity contribution in [1.29, 1.82) is 0 Å². The van der Waals surface area contributed by atoms with Crippen LogP contribution in [0, 0.1) is 0 Å². The Labute approximate surface area is 121 Å². The molecule has 5 heteroatoms. The molecule has 0 fully saturated rings. The van der Waals surface area contributed by atoms with Crippen LogP contribution in [0.25, 0.3) is 27.9 Å². The van der Waals surface area contributed by atoms with Crippen molar-refractivity contribution in [2.45, 2.75) is 6.92 Å². The summed E-state index contributed by atoms with van der Waals surface area (Å²) in [4.78, 5) is 12.9. The van der Waals surface area contributed by atoms with Gasteiger partial charge in [0.25, 0.3) is 0 Å². The highest BCUT2D eigenvalue weighted by atomic mass is 35.5. The number of nitrogens with zero attached hydrogens (tertiary/aromatic N) is 4. The molecule has 3 rings (SSSR count). The van der Waals surface area contributed by atoms with Crippen molar-refractivity contribution in [3.05, 3.63) is 48.1 Å². The number of hydrogen-bond donors (Lipinski definition) is 0. The van der Waals surface area contributed by atoms with E-state index in [4.69, 9.17) is 11.6 Å². The summed E-state index contributed by atoms with van der Waals surface area (Å²) in [5.74, 6) is 0.656. The minimum Gasteiger partial charge on any atom is -0.342 e. The fourth-order valence-electron chi connectivity index (χ4n) is 2.16. The number of aryl methyl sites for hydroxylation is 1. The fourth-order valence-corrected chi connectivity index (χ4v) is 2.31. The van der Waals surface area contributed by atoms with Gasteiger partial charge in [0.05, 0.1) is 16.9 Å². The van der Waals surface area contributed by atoms with E-state index in [2.05, 4.69) is 21.5 Å². The number of aromatic nitrogens is 4. The Morgan fingerprint density at radius 3 is 2.85 bits per heavy atom. The van der Waals surface area contributed by atoms with Crippen LogP contribution in [0.5, 0.6) is 0 Å². The SMILES string of the molecule is C=C(C)c1nccc(-c2cc3cnc(Cl)cc3n2C)n1. The van der Waals surface area contributed by atoms with Crippen LogP contribution in [0.3, 0.4) is 0 Å². The van der Waals surface area contributed by atoms with Gasteiger partial charge in [0.2, 0.25) is 0 Å². The second kappa shape index (κ2) is 4.72. The highest BCUT2D eigenvalue weighted by Gasteiger charge is 2.11. The predicted molar refractivity (Wildman–Crippen MR) is 81.5 cm³/mol. The van der Waals surface area contributed by atoms with Gasteiger partial charge in [-0.25, -0.2) is 15.0 Å². The Hall–Kier alpha value is -2.20. The van der Waals surface area contributed by atoms with Crippen molar-refractivity contribution in [3.8, 4) is 11.4 Å². The van der Waals surface area contributed by atoms with E-state index in [1.807, 2.05) is 36.7 Å². The van der Waals surface area contributed by atoms with E-state index in [1.165, 1.54) is 0 Å². The number of fused-ring (bicyclic) bond motifs is 1. The van der Waals surface area contributed by atoms with Gasteiger partial charge in [0, 0.05) is 24.8 Å². The van der Waals surface area contributed by atoms with E-state index in [1.54, 1.807) is 12.4 Å². The van der Waals surface area contributed by atoms with E-state index < -0.39 is 0 Å². The van der Waals surface area contributed by atoms with Gasteiger partial charge < -0.3 is 4.57 Å². The minimum atomic E-state index is 0.482. The molecule has 3 aromatic heterocycles. The molecule has 0 aromatic carbocycles. The van der Waals surface area contributed by atoms with Gasteiger partial charge in [-0.05, 0) is 30.7 Å². The van der Waals surface area contributed by atoms with Gasteiger partial charge in [-0.3, -0.25) is 0 Å². The maximum Gasteiger partial charge on any atom is 0.154 e. The third-order valence-electron chi connectivity index (χ3n) is 3.19. The first-order valence-corrected chi connectivity index (χ1v) is 6.54. The molecule has 20 heavy (non-hydrogen) atoms. The van der Waals surface area contributed by atoms with E-state index in [0.29, 0.717) is 11.0 Å². The monoisotopic (exact) mass is 284 g/mol. The first-order chi connectivity index (χ1) is 9.56. The number of halogens is 1. The van der Waals surface area contributed by atoms with E-state index in [-0.39, 0.29) is 0 Å². The summed E-state index contributed by atoms with van der Waals surface area (Å²) in [7, 11) is 1.98. The van der Waals surface area contributed by atoms with Crippen LogP contribution in [-0.2, 0) is 7.05 Å². The molecule has 0 radical (unpaired) electrons. The first kappa shape index (κ1) is 12.8. The smallest absolute Gasteiger partial charge is 0.154 e. The van der Waals surface area contributed by atoms with Gasteiger partial charge in [0.1, 0.15) is 5.15 Å². The van der Waals surface area contributed by atoms with Gasteiger partial charge in [-0.1, -0.05) is 18.2 Å². The summed E-state index contributed by atoms with van der Waals surface area (Å²) in [5.41, 5.74) is 3.72. The van der Waals surface area contributed by atoms with Crippen LogP contribution in [-0.4, -0.2) is 19.5 Å². The van der Waals surface area contributed by atoms with Crippen molar-refractivity contribution >= 4 is 28.1 Å². The summed E-state index contributed by atoms with van der Waals surface area (Å²) in [6.07, 6.45) is 3.51. The molecular formula is C15H13ClN4. The number of allylic oxidation sites excluding steroid dienone is 1. The Balaban J connectivity index is 2.22. The minimum absolute atomic E-state index is 0.482. The van der Waals surface area contributed by atoms with Crippen molar-refractivity contribution < 1.29 is 0 Å². The molecule has 0 aliphatic heterocycles. The molecule has 0 amide bonds. The van der Waals surface area contributed by atoms with E-state index in [9.17, 15) is 0 Å². The second-order valence-corrected chi connectivity index (χ2v) is 5.09. The summed E-state index contributed by atoms with van der Waals surface area (Å²) in [5, 5.41) is 1.51. The zero-order valence-electron chi connectivity index (χ0n) is 11.3. The Kier molecular flexibility index (Phi) is 3.03. The Morgan fingerprint density at radius 2 is 2.10 bits per heavy atom. The summed E-state index contributed by atoms with van der Waals surface area (Å²) < 4.78 is 2.05. The molecule has 4 nitrogen and oxygen atoms in total. The summed E-state index contributed by atoms with van der Waals surface area (Å²) in [6.45, 7) is 5.77. The normalized spacial score (nSPS) is 10.9. The van der Waals surface area contributed by atoms with Crippen LogP contribution in [0.2, 0.25) is 5.15 Å². The van der Waals surface area contributed by atoms with Crippen LogP contribution in [0.4, 0.5) is 0 Å². The quantitative estimate of drug-likeness (QED) is 0.674. The molecule has 0 aliphatic rings. The third-order valence-corrected chi connectivity index (χ3v) is 3.40. The molecular weight excluding hydrogens is 272 g/mol. The molecule has 0 bridgehead atoms. The van der Waals surface area contributed by atoms with Gasteiger partial charge >= 0.3 is 0 Å². The fraction of sp³-hybridized carbons (Fsp3) is 0.133. The van der Waals surface area contributed by atoms with Crippen molar-refractivity contribution in [2.75, 3.05) is 0 Å². The summed E-state index contributed by atoms with van der Waals surface area (Å²) >= 11 is 5.95. The Morgan fingerprint density at radius 1 is 1.30 bits per heavy atom. The van der Waals surface area contributed by atoms with Crippen LogP contribution < -0.4 is 0 Å². The molecule has 3 heterocycles. The van der Waals surface area contributed by atoms with Crippen LogP contribution in [0.1, 0.15) is 12.7 Å². The van der Waals surface area contributed by atoms with Crippen LogP contribution in [0.15, 0.2) is 37.2 Å². The maximum atomic E-state index is 5.95. The van der Waals surface area contributed by atoms with Crippen molar-refractivity contribution in [3.63, 3.8) is 0 Å². The number of hydrogen-bond acceptors (Lipinski definition) is 3. The average Bonchev–Trinajstić information content (AvgIpc) is 2.76. The van der Waals surface area contributed by atoms with Crippen LogP contribution >= 0.6 is 11.6 Å². The highest BCUT2D eigenvalue weighted by Crippen LogP contribution is 2.27. The van der Waals surface area contributed by atoms with E-state index >= 15 is 0 Å². The molecule has 0 atom stereocenters. The summed E-state index contributed by atoms with van der Waals surface area (Å²) in [6, 6.07) is 5.78. The van der Waals surface area contributed by atoms with Gasteiger partial charge in [-0.2, -0.15) is 0 Å². The molecule has 3 aromatic rings. The molecule has 0 saturated heterocycles. The lowest BCUT2D eigenvalue weighted by molar-refractivity contribution is 0.963. The van der Waals surface area contributed by atoms with Gasteiger partial charge in [0.15, 0.2) is 5.82 Å². The molecule has 0 aliphatic carbocycles. The molecule has 0 unspecified atom stereocenters. The van der Waals surface area contributed by atoms with E-state index in [0.717, 1.165) is 27.9 Å². The lowest BCUT2D eigenvalue weighted by Crippen LogP contribution is -1.97. The lowest BCUT2D eigenvalue weighted by atomic mass is 10.2. The maximum absolute atomic E-state index is 5.95. The highest BCUT2D eigenvalue weighted by molar-refractivity contribution is 6.30.